The van der Waals surface area contributed by atoms with E-state index in [0.717, 1.165) is 149 Å². The first kappa shape index (κ1) is 64.1. The molecule has 344 valence electrons. The first-order valence-corrected chi connectivity index (χ1v) is 26.7. The van der Waals surface area contributed by atoms with E-state index >= 15 is 0 Å². The zero-order valence-electron chi connectivity index (χ0n) is 34.7. The zero-order valence-corrected chi connectivity index (χ0v) is 39.9. The van der Waals surface area contributed by atoms with E-state index in [9.17, 15) is 37.8 Å². The standard InChI is InChI=1S/2C16H36O7P2.C2H4O3.O.Ti/c2*1-3-5-7-9-11-13-15-21-24(17,18)23-25(19,20)22-16-14-12-10-8-6-4-2;3-1-2(4)5;;/h2*3-16H2,1-2H3,(H,17,18)(H,19,20);3H,1H2,(H,4,5);;/p-4. The summed E-state index contributed by atoms with van der Waals surface area (Å²) in [6, 6.07) is 0. The van der Waals surface area contributed by atoms with Crippen molar-refractivity contribution in [2.75, 3.05) is 33.0 Å². The van der Waals surface area contributed by atoms with Gasteiger partial charge in [-0.1, -0.05) is 156 Å². The van der Waals surface area contributed by atoms with Crippen molar-refractivity contribution >= 4 is 37.3 Å². The van der Waals surface area contributed by atoms with Crippen LogP contribution < -0.4 is 19.6 Å². The molecule has 0 amide bonds. The average molecular weight is 941 g/mol. The van der Waals surface area contributed by atoms with Crippen LogP contribution >= 0.6 is 31.3 Å². The quantitative estimate of drug-likeness (QED) is 0.0336. The van der Waals surface area contributed by atoms with Gasteiger partial charge < -0.3 is 47.9 Å². The molecule has 0 fully saturated rings. The minimum atomic E-state index is -4.90. The molecule has 0 heterocycles. The van der Waals surface area contributed by atoms with Crippen molar-refractivity contribution in [3.63, 3.8) is 0 Å². The van der Waals surface area contributed by atoms with Gasteiger partial charge in [0.25, 0.3) is 31.3 Å². The van der Waals surface area contributed by atoms with E-state index in [-0.39, 0.29) is 26.4 Å². The number of aliphatic carboxylic acids is 1. The molecular formula is C34H72O18P4Ti-4. The summed E-state index contributed by atoms with van der Waals surface area (Å²) in [6.45, 7) is 7.37. The molecular weight excluding hydrogens is 868 g/mol. The summed E-state index contributed by atoms with van der Waals surface area (Å²) >= 11 is 0.750. The number of unbranched alkanes of at least 4 members (excludes halogenated alkanes) is 20. The van der Waals surface area contributed by atoms with Gasteiger partial charge in [-0.05, 0) is 25.7 Å². The number of aliphatic hydroxyl groups is 1. The van der Waals surface area contributed by atoms with Crippen LogP contribution in [0.2, 0.25) is 0 Å². The molecule has 0 bridgehead atoms. The molecule has 18 nitrogen and oxygen atoms in total. The fourth-order valence-corrected chi connectivity index (χ4v) is 8.70. The van der Waals surface area contributed by atoms with E-state index < -0.39 is 43.9 Å². The molecule has 0 aromatic rings. The average Bonchev–Trinajstić information content (AvgIpc) is 3.13. The number of hydrogen-bond donors (Lipinski definition) is 2. The van der Waals surface area contributed by atoms with Gasteiger partial charge in [0.2, 0.25) is 0 Å². The summed E-state index contributed by atoms with van der Waals surface area (Å²) in [7, 11) is -19.6. The van der Waals surface area contributed by atoms with Gasteiger partial charge in [0.15, 0.2) is 0 Å². The molecule has 0 aliphatic heterocycles. The Morgan fingerprint density at radius 1 is 0.421 bits per heavy atom. The van der Waals surface area contributed by atoms with Crippen LogP contribution in [0.15, 0.2) is 0 Å². The van der Waals surface area contributed by atoms with E-state index in [0.29, 0.717) is 25.7 Å². The number of carboxylic acid groups (broad SMARTS) is 1. The van der Waals surface area contributed by atoms with Crippen LogP contribution in [0.4, 0.5) is 0 Å². The second kappa shape index (κ2) is 44.5. The van der Waals surface area contributed by atoms with E-state index in [4.69, 9.17) is 18.3 Å². The van der Waals surface area contributed by atoms with Gasteiger partial charge >= 0.3 is 29.7 Å². The van der Waals surface area contributed by atoms with Crippen LogP contribution in [0.3, 0.4) is 0 Å². The van der Waals surface area contributed by atoms with Crippen molar-refractivity contribution in [3.8, 4) is 0 Å². The molecule has 4 atom stereocenters. The number of aliphatic hydroxyl groups excluding tert-OH is 1. The Labute approximate surface area is 354 Å². The molecule has 0 saturated heterocycles. The molecule has 0 rings (SSSR count). The number of phosphoric acid groups is 4. The Bertz CT molecular complexity index is 945. The Morgan fingerprint density at radius 3 is 0.737 bits per heavy atom. The molecule has 0 aliphatic rings. The van der Waals surface area contributed by atoms with Gasteiger partial charge in [-0.2, -0.15) is 0 Å². The Kier molecular flexibility index (Phi) is 50.1. The van der Waals surface area contributed by atoms with E-state index in [1.165, 1.54) is 0 Å². The van der Waals surface area contributed by atoms with Crippen LogP contribution in [0.25, 0.3) is 0 Å². The minimum absolute atomic E-state index is 0.0790. The zero-order chi connectivity index (χ0) is 44.3. The topological polar surface area (TPSA) is 290 Å². The summed E-state index contributed by atoms with van der Waals surface area (Å²) < 4.78 is 80.7. The van der Waals surface area contributed by atoms with Crippen molar-refractivity contribution in [1.82, 2.24) is 0 Å². The molecule has 4 unspecified atom stereocenters. The third-order valence-electron chi connectivity index (χ3n) is 7.52. The number of hydrogen-bond acceptors (Lipinski definition) is 17. The molecule has 0 aromatic carbocycles. The van der Waals surface area contributed by atoms with Crippen LogP contribution in [0, 0.1) is 0 Å². The number of rotatable bonds is 37. The van der Waals surface area contributed by atoms with Gasteiger partial charge in [0.1, 0.15) is 6.61 Å². The molecule has 23 heteroatoms. The first-order chi connectivity index (χ1) is 26.9. The third kappa shape index (κ3) is 56.5. The number of phosphoric ester groups is 4. The van der Waals surface area contributed by atoms with Crippen molar-refractivity contribution in [2.45, 2.75) is 182 Å². The second-order valence-corrected chi connectivity index (χ2v) is 18.8. The molecule has 0 aliphatic carbocycles. The van der Waals surface area contributed by atoms with Crippen molar-refractivity contribution in [3.05, 3.63) is 0 Å². The molecule has 0 spiro atoms. The van der Waals surface area contributed by atoms with E-state index in [2.05, 4.69) is 54.4 Å². The van der Waals surface area contributed by atoms with Crippen LogP contribution in [0.5, 0.6) is 0 Å². The van der Waals surface area contributed by atoms with Crippen molar-refractivity contribution in [1.29, 1.82) is 0 Å². The van der Waals surface area contributed by atoms with Crippen LogP contribution in [-0.2, 0) is 73.5 Å². The molecule has 2 N–H and O–H groups in total. The monoisotopic (exact) mass is 940 g/mol. The van der Waals surface area contributed by atoms with Gasteiger partial charge in [-0.3, -0.25) is 18.3 Å². The second-order valence-electron chi connectivity index (χ2n) is 12.9. The maximum absolute atomic E-state index is 11.5. The Hall–Kier alpha value is 0.464. The normalized spacial score (nSPS) is 15.2. The maximum atomic E-state index is 11.5. The Morgan fingerprint density at radius 2 is 0.579 bits per heavy atom. The predicted molar refractivity (Wildman–Crippen MR) is 205 cm³/mol. The Balaban J connectivity index is -0.000000423. The number of carbonyl (C=O) groups is 1. The van der Waals surface area contributed by atoms with Gasteiger partial charge in [0.05, 0.1) is 26.4 Å². The van der Waals surface area contributed by atoms with Gasteiger partial charge in [-0.15, -0.1) is 0 Å². The summed E-state index contributed by atoms with van der Waals surface area (Å²) in [4.78, 5) is 55.2. The predicted octanol–water partition coefficient (Wildman–Crippen LogP) is 8.33. The van der Waals surface area contributed by atoms with Gasteiger partial charge in [-0.25, -0.2) is 13.4 Å². The fourth-order valence-electron chi connectivity index (χ4n) is 4.57. The number of carboxylic acids is 1. The summed E-state index contributed by atoms with van der Waals surface area (Å²) in [5, 5.41) is 15.0. The van der Waals surface area contributed by atoms with Gasteiger partial charge in [0, 0.05) is 0 Å². The third-order valence-corrected chi connectivity index (χ3v) is 12.7. The molecule has 0 aromatic heterocycles. The SMILES string of the molecule is CCCCCCCCOP(=O)([O-])OP(=O)([O-])OCCCCCCCC.CCCCCCCCOP(=O)([O-])OP(=O)([O-])OCCCCCCCC.O=C(O)CO.[O]=[Ti]. The van der Waals surface area contributed by atoms with Crippen LogP contribution in [-0.4, -0.2) is 49.2 Å². The van der Waals surface area contributed by atoms with Crippen molar-refractivity contribution in [2.24, 2.45) is 0 Å². The molecule has 0 radical (unpaired) electrons. The fraction of sp³-hybridized carbons (Fsp3) is 0.971. The van der Waals surface area contributed by atoms with E-state index in [1.807, 2.05) is 0 Å². The van der Waals surface area contributed by atoms with Crippen LogP contribution in [0.1, 0.15) is 182 Å². The molecule has 57 heavy (non-hydrogen) atoms. The van der Waals surface area contributed by atoms with E-state index in [1.54, 1.807) is 0 Å². The molecule has 0 saturated carbocycles. The summed E-state index contributed by atoms with van der Waals surface area (Å²) in [5.41, 5.74) is 0. The summed E-state index contributed by atoms with van der Waals surface area (Å²) in [5.74, 6) is -1.19. The van der Waals surface area contributed by atoms with Crippen molar-refractivity contribution < 1.29 is 103 Å². The first-order valence-electron chi connectivity index (χ1n) is 20.2. The summed E-state index contributed by atoms with van der Waals surface area (Å²) in [6.07, 6.45) is 23.1.